The van der Waals surface area contributed by atoms with Gasteiger partial charge in [-0.2, -0.15) is 4.98 Å². The Bertz CT molecular complexity index is 1200. The SMILES string of the molecule is CC(=O)OC(=O)CC(c1ccc(C)cc1)n1cc(C)c(NCCC(=O)NC2=NCC=N2)nc1=O. The minimum absolute atomic E-state index is 0.127. The zero-order valence-electron chi connectivity index (χ0n) is 19.2. The van der Waals surface area contributed by atoms with Crippen LogP contribution in [0.3, 0.4) is 0 Å². The summed E-state index contributed by atoms with van der Waals surface area (Å²) in [4.78, 5) is 60.3. The van der Waals surface area contributed by atoms with E-state index in [1.807, 2.05) is 31.2 Å². The maximum Gasteiger partial charge on any atom is 0.350 e. The lowest BCUT2D eigenvalue weighted by atomic mass is 10.0. The molecule has 2 aromatic rings. The Morgan fingerprint density at radius 1 is 1.18 bits per heavy atom. The first-order valence-corrected chi connectivity index (χ1v) is 10.7. The second-order valence-electron chi connectivity index (χ2n) is 7.76. The fourth-order valence-electron chi connectivity index (χ4n) is 3.34. The summed E-state index contributed by atoms with van der Waals surface area (Å²) in [6, 6.07) is 6.65. The van der Waals surface area contributed by atoms with Crippen LogP contribution in [0.2, 0.25) is 0 Å². The summed E-state index contributed by atoms with van der Waals surface area (Å²) in [5.41, 5.74) is 1.77. The molecule has 11 nitrogen and oxygen atoms in total. The van der Waals surface area contributed by atoms with Crippen molar-refractivity contribution < 1.29 is 19.1 Å². The largest absolute Gasteiger partial charge is 0.393 e. The molecule has 1 aromatic carbocycles. The number of carbonyl (C=O) groups is 3. The van der Waals surface area contributed by atoms with Gasteiger partial charge in [-0.1, -0.05) is 29.8 Å². The molecule has 1 unspecified atom stereocenters. The maximum absolute atomic E-state index is 12.9. The number of aryl methyl sites for hydroxylation is 2. The summed E-state index contributed by atoms with van der Waals surface area (Å²) in [5.74, 6) is -1.11. The zero-order chi connectivity index (χ0) is 24.7. The van der Waals surface area contributed by atoms with E-state index in [1.54, 1.807) is 19.3 Å². The number of nitrogens with one attached hydrogen (secondary N) is 2. The number of aromatic nitrogens is 2. The highest BCUT2D eigenvalue weighted by atomic mass is 16.6. The van der Waals surface area contributed by atoms with Gasteiger partial charge in [0, 0.05) is 37.9 Å². The molecule has 34 heavy (non-hydrogen) atoms. The number of anilines is 1. The number of ether oxygens (including phenoxy) is 1. The van der Waals surface area contributed by atoms with Crippen molar-refractivity contribution in [3.63, 3.8) is 0 Å². The molecular weight excluding hydrogens is 440 g/mol. The second-order valence-corrected chi connectivity index (χ2v) is 7.76. The molecule has 1 aliphatic heterocycles. The van der Waals surface area contributed by atoms with E-state index in [-0.39, 0.29) is 31.3 Å². The molecule has 11 heteroatoms. The van der Waals surface area contributed by atoms with Gasteiger partial charge in [0.15, 0.2) is 0 Å². The van der Waals surface area contributed by atoms with Crippen LogP contribution in [0, 0.1) is 13.8 Å². The van der Waals surface area contributed by atoms with Gasteiger partial charge < -0.3 is 10.1 Å². The average molecular weight is 466 g/mol. The predicted octanol–water partition coefficient (Wildman–Crippen LogP) is 1.29. The highest BCUT2D eigenvalue weighted by Gasteiger charge is 2.22. The smallest absolute Gasteiger partial charge is 0.350 e. The van der Waals surface area contributed by atoms with E-state index < -0.39 is 23.7 Å². The van der Waals surface area contributed by atoms with Gasteiger partial charge in [-0.05, 0) is 19.4 Å². The van der Waals surface area contributed by atoms with Gasteiger partial charge in [-0.25, -0.2) is 14.8 Å². The number of nitrogens with zero attached hydrogens (tertiary/aromatic N) is 4. The number of guanidine groups is 1. The van der Waals surface area contributed by atoms with Crippen LogP contribution in [0.4, 0.5) is 5.82 Å². The Hall–Kier alpha value is -4.15. The Balaban J connectivity index is 1.75. The van der Waals surface area contributed by atoms with Crippen molar-refractivity contribution in [2.24, 2.45) is 9.98 Å². The number of aliphatic imine (C=N–C) groups is 2. The van der Waals surface area contributed by atoms with Crippen LogP contribution < -0.4 is 16.3 Å². The van der Waals surface area contributed by atoms with Gasteiger partial charge in [0.05, 0.1) is 19.0 Å². The van der Waals surface area contributed by atoms with Crippen LogP contribution in [0.15, 0.2) is 45.2 Å². The standard InChI is InChI=1S/C23H26N6O5/c1-14-4-6-17(7-5-14)18(12-20(32)34-16(3)30)29-13-15(2)21(28-23(29)33)24-9-8-19(31)27-22-25-10-11-26-22/h4-7,10,13,18H,8-9,11-12H2,1-3H3,(H,24,28,33)(H,26,27,31). The Morgan fingerprint density at radius 2 is 1.91 bits per heavy atom. The van der Waals surface area contributed by atoms with Crippen LogP contribution in [0.5, 0.6) is 0 Å². The Morgan fingerprint density at radius 3 is 2.56 bits per heavy atom. The van der Waals surface area contributed by atoms with E-state index in [1.165, 1.54) is 4.57 Å². The predicted molar refractivity (Wildman–Crippen MR) is 126 cm³/mol. The molecule has 0 aliphatic carbocycles. The molecule has 1 atom stereocenters. The third-order valence-corrected chi connectivity index (χ3v) is 4.98. The molecule has 1 aromatic heterocycles. The Labute approximate surface area is 196 Å². The summed E-state index contributed by atoms with van der Waals surface area (Å²) in [7, 11) is 0. The minimum Gasteiger partial charge on any atom is -0.393 e. The van der Waals surface area contributed by atoms with Gasteiger partial charge in [0.1, 0.15) is 5.82 Å². The molecule has 2 N–H and O–H groups in total. The third kappa shape index (κ3) is 6.67. The van der Waals surface area contributed by atoms with E-state index in [0.29, 0.717) is 23.5 Å². The second kappa shape index (κ2) is 11.1. The van der Waals surface area contributed by atoms with Crippen LogP contribution in [-0.2, 0) is 19.1 Å². The number of hydrogen-bond donors (Lipinski definition) is 2. The summed E-state index contributed by atoms with van der Waals surface area (Å²) < 4.78 is 6.03. The van der Waals surface area contributed by atoms with Gasteiger partial charge >= 0.3 is 17.6 Å². The normalized spacial score (nSPS) is 13.2. The van der Waals surface area contributed by atoms with Crippen LogP contribution in [0.1, 0.15) is 42.5 Å². The maximum atomic E-state index is 12.9. The first-order chi connectivity index (χ1) is 16.2. The fraction of sp³-hybridized carbons (Fsp3) is 0.348. The van der Waals surface area contributed by atoms with Crippen molar-refractivity contribution >= 4 is 35.8 Å². The number of carbonyl (C=O) groups excluding carboxylic acids is 3. The molecule has 0 fully saturated rings. The van der Waals surface area contributed by atoms with E-state index >= 15 is 0 Å². The molecule has 0 saturated heterocycles. The summed E-state index contributed by atoms with van der Waals surface area (Å²) >= 11 is 0. The lowest BCUT2D eigenvalue weighted by molar-refractivity contribution is -0.158. The van der Waals surface area contributed by atoms with Crippen molar-refractivity contribution in [2.75, 3.05) is 18.4 Å². The van der Waals surface area contributed by atoms with Gasteiger partial charge in [0.2, 0.25) is 11.9 Å². The Kier molecular flexibility index (Phi) is 8.01. The molecular formula is C23H26N6O5. The van der Waals surface area contributed by atoms with E-state index in [4.69, 9.17) is 0 Å². The highest BCUT2D eigenvalue weighted by Crippen LogP contribution is 2.23. The van der Waals surface area contributed by atoms with E-state index in [2.05, 4.69) is 30.3 Å². The molecule has 178 valence electrons. The molecule has 0 saturated carbocycles. The van der Waals surface area contributed by atoms with Crippen molar-refractivity contribution in [2.45, 2.75) is 39.7 Å². The van der Waals surface area contributed by atoms with Gasteiger partial charge in [-0.15, -0.1) is 0 Å². The number of amides is 1. The van der Waals surface area contributed by atoms with Crippen LogP contribution in [-0.4, -0.2) is 52.7 Å². The fourth-order valence-corrected chi connectivity index (χ4v) is 3.34. The zero-order valence-corrected chi connectivity index (χ0v) is 19.2. The summed E-state index contributed by atoms with van der Waals surface area (Å²) in [6.45, 7) is 5.52. The van der Waals surface area contributed by atoms with Crippen molar-refractivity contribution in [3.05, 3.63) is 57.6 Å². The third-order valence-electron chi connectivity index (χ3n) is 4.98. The van der Waals surface area contributed by atoms with Gasteiger partial charge in [0.25, 0.3) is 0 Å². The summed E-state index contributed by atoms with van der Waals surface area (Å²) in [5, 5.41) is 5.58. The first-order valence-electron chi connectivity index (χ1n) is 10.7. The molecule has 2 heterocycles. The minimum atomic E-state index is -0.743. The van der Waals surface area contributed by atoms with Crippen molar-refractivity contribution in [1.29, 1.82) is 0 Å². The monoisotopic (exact) mass is 466 g/mol. The van der Waals surface area contributed by atoms with Crippen molar-refractivity contribution in [3.8, 4) is 0 Å². The lowest BCUT2D eigenvalue weighted by Gasteiger charge is -2.20. The number of rotatable bonds is 8. The highest BCUT2D eigenvalue weighted by molar-refractivity contribution is 6.02. The molecule has 0 bridgehead atoms. The number of benzene rings is 1. The molecule has 1 aliphatic rings. The van der Waals surface area contributed by atoms with Gasteiger partial charge in [-0.3, -0.25) is 24.3 Å². The summed E-state index contributed by atoms with van der Waals surface area (Å²) in [6.07, 6.45) is 3.09. The quantitative estimate of drug-likeness (QED) is 0.440. The molecule has 0 radical (unpaired) electrons. The van der Waals surface area contributed by atoms with Crippen LogP contribution in [0.25, 0.3) is 0 Å². The molecule has 0 spiro atoms. The van der Waals surface area contributed by atoms with Crippen molar-refractivity contribution in [1.82, 2.24) is 14.9 Å². The topological polar surface area (TPSA) is 144 Å². The van der Waals surface area contributed by atoms with Crippen LogP contribution >= 0.6 is 0 Å². The van der Waals surface area contributed by atoms with E-state index in [0.717, 1.165) is 12.5 Å². The van der Waals surface area contributed by atoms with E-state index in [9.17, 15) is 19.2 Å². The number of esters is 2. The first kappa shape index (κ1) is 24.5. The lowest BCUT2D eigenvalue weighted by Crippen LogP contribution is -2.32. The number of hydrogen-bond acceptors (Lipinski definition) is 9. The molecule has 3 rings (SSSR count). The average Bonchev–Trinajstić information content (AvgIpc) is 3.27. The molecule has 1 amide bonds.